The lowest BCUT2D eigenvalue weighted by molar-refractivity contribution is -0.146. The molecule has 0 fully saturated rings. The molecule has 0 aliphatic heterocycles. The third-order valence-corrected chi connectivity index (χ3v) is 2.41. The van der Waals surface area contributed by atoms with Crippen molar-refractivity contribution in [2.24, 2.45) is 5.92 Å². The van der Waals surface area contributed by atoms with Gasteiger partial charge in [-0.25, -0.2) is 0 Å². The molecule has 0 radical (unpaired) electrons. The number of aromatic nitrogens is 1. The van der Waals surface area contributed by atoms with Gasteiger partial charge in [-0.2, -0.15) is 0 Å². The van der Waals surface area contributed by atoms with Crippen molar-refractivity contribution in [1.82, 2.24) is 4.98 Å². The minimum atomic E-state index is -0.986. The van der Waals surface area contributed by atoms with Crippen LogP contribution in [0.5, 0.6) is 0 Å². The highest BCUT2D eigenvalue weighted by Gasteiger charge is 2.25. The van der Waals surface area contributed by atoms with Gasteiger partial charge in [0, 0.05) is 11.9 Å². The second-order valence-electron chi connectivity index (χ2n) is 3.53. The molecule has 1 heterocycles. The molecule has 82 valence electrons. The van der Waals surface area contributed by atoms with Crippen molar-refractivity contribution in [3.05, 3.63) is 29.6 Å². The molecule has 1 aromatic heterocycles. The van der Waals surface area contributed by atoms with E-state index in [9.17, 15) is 9.90 Å². The number of carboxylic acids is 1. The number of carbonyl (C=O) groups is 1. The van der Waals surface area contributed by atoms with E-state index in [-0.39, 0.29) is 0 Å². The number of carboxylic acid groups (broad SMARTS) is 1. The van der Waals surface area contributed by atoms with Gasteiger partial charge in [0.2, 0.25) is 0 Å². The summed E-state index contributed by atoms with van der Waals surface area (Å²) >= 11 is 0. The molecule has 4 heteroatoms. The summed E-state index contributed by atoms with van der Waals surface area (Å²) in [6.07, 6.45) is 0.927. The lowest BCUT2D eigenvalue weighted by Gasteiger charge is -2.17. The summed E-state index contributed by atoms with van der Waals surface area (Å²) in [7, 11) is 0. The number of hydrogen-bond acceptors (Lipinski definition) is 3. The van der Waals surface area contributed by atoms with Gasteiger partial charge in [0.05, 0.1) is 12.0 Å². The maximum atomic E-state index is 10.8. The maximum Gasteiger partial charge on any atom is 0.309 e. The molecule has 15 heavy (non-hydrogen) atoms. The molecule has 1 aromatic rings. The molecule has 0 bridgehead atoms. The first-order chi connectivity index (χ1) is 7.06. The minimum absolute atomic E-state index is 0.393. The monoisotopic (exact) mass is 209 g/mol. The quantitative estimate of drug-likeness (QED) is 0.789. The van der Waals surface area contributed by atoms with Gasteiger partial charge in [-0.05, 0) is 25.0 Å². The molecule has 2 N–H and O–H groups in total. The van der Waals surface area contributed by atoms with Gasteiger partial charge >= 0.3 is 5.97 Å². The van der Waals surface area contributed by atoms with Gasteiger partial charge in [0.25, 0.3) is 0 Å². The molecular weight excluding hydrogens is 194 g/mol. The number of aliphatic carboxylic acids is 1. The van der Waals surface area contributed by atoms with Gasteiger partial charge in [0.15, 0.2) is 0 Å². The highest BCUT2D eigenvalue weighted by Crippen LogP contribution is 2.24. The normalized spacial score (nSPS) is 14.6. The van der Waals surface area contributed by atoms with Gasteiger partial charge < -0.3 is 10.2 Å². The van der Waals surface area contributed by atoms with Gasteiger partial charge in [-0.15, -0.1) is 0 Å². The van der Waals surface area contributed by atoms with Crippen LogP contribution in [0.15, 0.2) is 18.3 Å². The van der Waals surface area contributed by atoms with E-state index in [1.807, 2.05) is 6.92 Å². The standard InChI is InChI=1S/C11H15NO3/c1-3-9(11(14)15)10(13)8-5-4-7(2)12-6-8/h4-6,9-10,13H,3H2,1-2H3,(H,14,15). The van der Waals surface area contributed by atoms with Crippen molar-refractivity contribution in [1.29, 1.82) is 0 Å². The predicted molar refractivity (Wildman–Crippen MR) is 55.4 cm³/mol. The number of aliphatic hydroxyl groups is 1. The van der Waals surface area contributed by atoms with Crippen molar-refractivity contribution in [2.45, 2.75) is 26.4 Å². The average Bonchev–Trinajstić information content (AvgIpc) is 2.19. The molecule has 2 unspecified atom stereocenters. The third kappa shape index (κ3) is 2.76. The molecule has 0 saturated heterocycles. The van der Waals surface area contributed by atoms with Crippen molar-refractivity contribution < 1.29 is 15.0 Å². The molecule has 0 amide bonds. The second kappa shape index (κ2) is 4.89. The molecule has 1 rings (SSSR count). The zero-order valence-electron chi connectivity index (χ0n) is 8.84. The van der Waals surface area contributed by atoms with Crippen LogP contribution in [0.1, 0.15) is 30.7 Å². The van der Waals surface area contributed by atoms with Crippen LogP contribution in [0, 0.1) is 12.8 Å². The van der Waals surface area contributed by atoms with Crippen LogP contribution < -0.4 is 0 Å². The van der Waals surface area contributed by atoms with E-state index < -0.39 is 18.0 Å². The van der Waals surface area contributed by atoms with Crippen LogP contribution >= 0.6 is 0 Å². The fourth-order valence-electron chi connectivity index (χ4n) is 1.42. The predicted octanol–water partition coefficient (Wildman–Crippen LogP) is 1.53. The summed E-state index contributed by atoms with van der Waals surface area (Å²) in [5, 5.41) is 18.7. The molecule has 2 atom stereocenters. The fraction of sp³-hybridized carbons (Fsp3) is 0.455. The largest absolute Gasteiger partial charge is 0.481 e. The van der Waals surface area contributed by atoms with Crippen LogP contribution in [-0.2, 0) is 4.79 Å². The Balaban J connectivity index is 2.87. The smallest absolute Gasteiger partial charge is 0.309 e. The lowest BCUT2D eigenvalue weighted by atomic mass is 9.94. The number of aryl methyl sites for hydroxylation is 1. The van der Waals surface area contributed by atoms with Crippen LogP contribution in [0.3, 0.4) is 0 Å². The lowest BCUT2D eigenvalue weighted by Crippen LogP contribution is -2.21. The first-order valence-electron chi connectivity index (χ1n) is 4.89. The topological polar surface area (TPSA) is 70.4 Å². The molecular formula is C11H15NO3. The van der Waals surface area contributed by atoms with E-state index in [1.54, 1.807) is 19.1 Å². The number of aliphatic hydroxyl groups excluding tert-OH is 1. The summed E-state index contributed by atoms with van der Waals surface area (Å²) in [5.41, 5.74) is 1.39. The van der Waals surface area contributed by atoms with E-state index >= 15 is 0 Å². The zero-order chi connectivity index (χ0) is 11.4. The van der Waals surface area contributed by atoms with Crippen molar-refractivity contribution in [2.75, 3.05) is 0 Å². The number of hydrogen-bond donors (Lipinski definition) is 2. The van der Waals surface area contributed by atoms with Crippen LogP contribution in [0.2, 0.25) is 0 Å². The van der Waals surface area contributed by atoms with Gasteiger partial charge in [0.1, 0.15) is 0 Å². The fourth-order valence-corrected chi connectivity index (χ4v) is 1.42. The summed E-state index contributed by atoms with van der Waals surface area (Å²) in [5.74, 6) is -1.75. The summed E-state index contributed by atoms with van der Waals surface area (Å²) in [6, 6.07) is 3.46. The number of rotatable bonds is 4. The second-order valence-corrected chi connectivity index (χ2v) is 3.53. The molecule has 4 nitrogen and oxygen atoms in total. The highest BCUT2D eigenvalue weighted by atomic mass is 16.4. The number of pyridine rings is 1. The highest BCUT2D eigenvalue weighted by molar-refractivity contribution is 5.70. The molecule has 0 aliphatic carbocycles. The molecule has 0 aliphatic rings. The summed E-state index contributed by atoms with van der Waals surface area (Å²) < 4.78 is 0. The first kappa shape index (κ1) is 11.7. The first-order valence-corrected chi connectivity index (χ1v) is 4.89. The van der Waals surface area contributed by atoms with E-state index in [1.165, 1.54) is 6.20 Å². The SMILES string of the molecule is CCC(C(=O)O)C(O)c1ccc(C)nc1. The van der Waals surface area contributed by atoms with Crippen LogP contribution in [0.25, 0.3) is 0 Å². The zero-order valence-corrected chi connectivity index (χ0v) is 8.84. The van der Waals surface area contributed by atoms with Crippen molar-refractivity contribution in [3.8, 4) is 0 Å². The van der Waals surface area contributed by atoms with Gasteiger partial charge in [-0.1, -0.05) is 13.0 Å². The van der Waals surface area contributed by atoms with Crippen LogP contribution in [-0.4, -0.2) is 21.2 Å². The van der Waals surface area contributed by atoms with E-state index in [0.29, 0.717) is 12.0 Å². The molecule has 0 aromatic carbocycles. The Labute approximate surface area is 88.6 Å². The van der Waals surface area contributed by atoms with Crippen molar-refractivity contribution in [3.63, 3.8) is 0 Å². The molecule has 0 spiro atoms. The molecule has 0 saturated carbocycles. The van der Waals surface area contributed by atoms with E-state index in [2.05, 4.69) is 4.98 Å². The van der Waals surface area contributed by atoms with E-state index in [0.717, 1.165) is 5.69 Å². The average molecular weight is 209 g/mol. The van der Waals surface area contributed by atoms with Gasteiger partial charge in [-0.3, -0.25) is 9.78 Å². The Bertz CT molecular complexity index is 334. The van der Waals surface area contributed by atoms with Crippen molar-refractivity contribution >= 4 is 5.97 Å². The maximum absolute atomic E-state index is 10.8. The summed E-state index contributed by atoms with van der Waals surface area (Å²) in [4.78, 5) is 14.9. The van der Waals surface area contributed by atoms with Crippen LogP contribution in [0.4, 0.5) is 0 Å². The third-order valence-electron chi connectivity index (χ3n) is 2.41. The summed E-state index contributed by atoms with van der Waals surface area (Å²) in [6.45, 7) is 3.58. The number of nitrogens with zero attached hydrogens (tertiary/aromatic N) is 1. The Morgan fingerprint density at radius 1 is 1.53 bits per heavy atom. The van der Waals surface area contributed by atoms with E-state index in [4.69, 9.17) is 5.11 Å². The Kier molecular flexibility index (Phi) is 3.80. The minimum Gasteiger partial charge on any atom is -0.481 e. The Hall–Kier alpha value is -1.42. The Morgan fingerprint density at radius 3 is 2.60 bits per heavy atom. The Morgan fingerprint density at radius 2 is 2.20 bits per heavy atom.